The lowest BCUT2D eigenvalue weighted by atomic mass is 9.33. The summed E-state index contributed by atoms with van der Waals surface area (Å²) >= 11 is 0. The number of carboxylic acid groups (broad SMARTS) is 1. The molecule has 18 atom stereocenters. The second-order valence-electron chi connectivity index (χ2n) is 31.2. The number of ether oxygens (including phenoxy) is 10. The summed E-state index contributed by atoms with van der Waals surface area (Å²) in [6.45, 7) is 15.9. The highest BCUT2D eigenvalue weighted by Crippen LogP contribution is 2.76. The van der Waals surface area contributed by atoms with Gasteiger partial charge in [0.2, 0.25) is 0 Å². The number of benzene rings is 6. The Hall–Kier alpha value is -8.36. The van der Waals surface area contributed by atoms with Gasteiger partial charge in [-0.15, -0.1) is 0 Å². The fourth-order valence-corrected chi connectivity index (χ4v) is 18.9. The van der Waals surface area contributed by atoms with E-state index in [1.54, 1.807) is 97.1 Å². The van der Waals surface area contributed by atoms with Crippen LogP contribution < -0.4 is 0 Å². The zero-order chi connectivity index (χ0) is 71.8. The first-order chi connectivity index (χ1) is 48.9. The van der Waals surface area contributed by atoms with Crippen LogP contribution in [0.3, 0.4) is 0 Å². The summed E-state index contributed by atoms with van der Waals surface area (Å²) in [6.07, 6.45) is -7.93. The molecule has 0 bridgehead atoms. The first-order valence-electron chi connectivity index (χ1n) is 36.0. The number of hydrogen-bond acceptors (Lipinski definition) is 17. The van der Waals surface area contributed by atoms with Gasteiger partial charge < -0.3 is 57.6 Å². The maximum atomic E-state index is 14.8. The second kappa shape index (κ2) is 29.4. The highest BCUT2D eigenvalue weighted by Gasteiger charge is 2.70. The largest absolute Gasteiger partial charge is 0.479 e. The summed E-state index contributed by atoms with van der Waals surface area (Å²) in [5.41, 5.74) is 1.59. The molecular weight excluding hydrogens is 1300 g/mol. The molecule has 7 aliphatic rings. The van der Waals surface area contributed by atoms with E-state index in [-0.39, 0.29) is 80.9 Å². The van der Waals surface area contributed by atoms with Gasteiger partial charge in [-0.2, -0.15) is 0 Å². The first-order valence-corrected chi connectivity index (χ1v) is 36.0. The average molecular weight is 1390 g/mol. The molecule has 6 aromatic carbocycles. The minimum atomic E-state index is -1.95. The number of carbonyl (C=O) groups is 6. The molecule has 2 aliphatic heterocycles. The quantitative estimate of drug-likeness (QED) is 0.0313. The summed E-state index contributed by atoms with van der Waals surface area (Å²) in [4.78, 5) is 86.5. The highest BCUT2D eigenvalue weighted by atomic mass is 16.8. The van der Waals surface area contributed by atoms with Crippen molar-refractivity contribution in [3.05, 3.63) is 227 Å². The van der Waals surface area contributed by atoms with E-state index >= 15 is 0 Å². The zero-order valence-corrected chi connectivity index (χ0v) is 59.1. The van der Waals surface area contributed by atoms with E-state index in [0.717, 1.165) is 63.4 Å². The van der Waals surface area contributed by atoms with Gasteiger partial charge in [0, 0.05) is 0 Å². The summed E-state index contributed by atoms with van der Waals surface area (Å²) in [7, 11) is 0. The molecule has 18 heteroatoms. The molecule has 13 rings (SSSR count). The summed E-state index contributed by atoms with van der Waals surface area (Å²) in [5, 5.41) is 23.6. The third kappa shape index (κ3) is 14.0. The van der Waals surface area contributed by atoms with Gasteiger partial charge in [0.25, 0.3) is 0 Å². The number of allylic oxidation sites excluding steroid dienone is 2. The van der Waals surface area contributed by atoms with Crippen LogP contribution in [-0.4, -0.2) is 120 Å². The van der Waals surface area contributed by atoms with Crippen molar-refractivity contribution in [1.82, 2.24) is 0 Å². The van der Waals surface area contributed by atoms with Crippen LogP contribution in [0.2, 0.25) is 0 Å². The molecule has 4 saturated carbocycles. The Morgan fingerprint density at radius 1 is 0.490 bits per heavy atom. The van der Waals surface area contributed by atoms with Crippen molar-refractivity contribution < 1.29 is 86.3 Å². The van der Waals surface area contributed by atoms with E-state index in [2.05, 4.69) is 54.5 Å². The molecule has 0 aromatic heterocycles. The molecule has 2 saturated heterocycles. The lowest BCUT2D eigenvalue weighted by Gasteiger charge is -2.71. The van der Waals surface area contributed by atoms with Crippen LogP contribution >= 0.6 is 0 Å². The third-order valence-electron chi connectivity index (χ3n) is 24.6. The van der Waals surface area contributed by atoms with Crippen LogP contribution in [0.25, 0.3) is 0 Å². The molecule has 2 heterocycles. The van der Waals surface area contributed by atoms with Crippen LogP contribution in [0.4, 0.5) is 0 Å². The van der Waals surface area contributed by atoms with Gasteiger partial charge in [-0.05, 0) is 169 Å². The van der Waals surface area contributed by atoms with Crippen molar-refractivity contribution in [1.29, 1.82) is 0 Å². The van der Waals surface area contributed by atoms with Crippen molar-refractivity contribution in [2.45, 2.75) is 193 Å². The summed E-state index contributed by atoms with van der Waals surface area (Å²) in [5.74, 6) is -4.85. The Morgan fingerprint density at radius 2 is 0.990 bits per heavy atom. The van der Waals surface area contributed by atoms with Gasteiger partial charge in [-0.3, -0.25) is 4.79 Å². The predicted octanol–water partition coefficient (Wildman–Crippen LogP) is 14.3. The number of fused-ring (bicyclic) bond motifs is 7. The van der Waals surface area contributed by atoms with E-state index in [1.165, 1.54) is 42.0 Å². The van der Waals surface area contributed by atoms with Crippen molar-refractivity contribution in [2.75, 3.05) is 6.61 Å². The molecule has 6 fully saturated rings. The first kappa shape index (κ1) is 72.0. The molecule has 0 unspecified atom stereocenters. The number of carboxylic acids is 1. The molecule has 6 aromatic rings. The SMILES string of the molecule is CC1(C)CC[C@]2(C(=O)OCc3ccccc3)CC[C@]3(C)C(=CC[C@@H]4[C@@]5(C)CC[C@H](O[C@@H]6O[C@H](C(=O)O)[C@@H](O)[C@H](OCc7ccccc7)[C@H]6O[C@@H]6O[C@H](COC(=O)c7ccccc7)[C@@H](OC(=O)c7ccccc7)[C@H](OC(=O)c7ccccc7)[C@H]6OC(=O)c6ccccc6)C(C)(C)[C@@H]5CC[C@]43C)[C@@H]2C1. The van der Waals surface area contributed by atoms with Gasteiger partial charge in [0.05, 0.1) is 40.4 Å². The number of esters is 5. The van der Waals surface area contributed by atoms with Gasteiger partial charge in [0.15, 0.2) is 37.0 Å². The van der Waals surface area contributed by atoms with Crippen molar-refractivity contribution in [3.8, 4) is 0 Å². The molecule has 0 amide bonds. The Labute approximate surface area is 596 Å². The fourth-order valence-electron chi connectivity index (χ4n) is 18.9. The minimum Gasteiger partial charge on any atom is -0.479 e. The van der Waals surface area contributed by atoms with E-state index in [1.807, 2.05) is 48.5 Å². The van der Waals surface area contributed by atoms with Crippen LogP contribution in [0.15, 0.2) is 194 Å². The molecule has 538 valence electrons. The predicted molar refractivity (Wildman–Crippen MR) is 375 cm³/mol. The van der Waals surface area contributed by atoms with Crippen LogP contribution in [0.1, 0.15) is 165 Å². The lowest BCUT2D eigenvalue weighted by Crippen LogP contribution is -2.68. The van der Waals surface area contributed by atoms with Gasteiger partial charge in [0.1, 0.15) is 37.6 Å². The van der Waals surface area contributed by atoms with Gasteiger partial charge >= 0.3 is 35.8 Å². The molecule has 2 N–H and O–H groups in total. The Kier molecular flexibility index (Phi) is 20.8. The number of aliphatic carboxylic acids is 1. The number of hydrogen-bond donors (Lipinski definition) is 2. The van der Waals surface area contributed by atoms with E-state index in [4.69, 9.17) is 47.4 Å². The Morgan fingerprint density at radius 3 is 1.55 bits per heavy atom. The molecule has 0 radical (unpaired) electrons. The average Bonchev–Trinajstić information content (AvgIpc) is 0.676. The van der Waals surface area contributed by atoms with Crippen molar-refractivity contribution in [2.24, 2.45) is 50.2 Å². The third-order valence-corrected chi connectivity index (χ3v) is 24.6. The standard InChI is InChI=1S/C84H94O18/c1-79(2)44-46-84(78(92)95-50-53-28-16-9-17-29-53)47-45-82(6)58(59(84)48-79)38-39-62-81(5)42-41-63(80(3,4)61(81)40-43-83(62,82)7)97-77-69(66(64(85)67(101-77)71(86)87)93-49-52-26-14-8-15-27-52)102-76-70(100-75(91)57-36-24-13-25-37-57)68(99-74(90)56-34-22-12-23-35-56)65(98-73(89)55-32-20-11-21-33-55)60(96-76)51-94-72(88)54-30-18-10-19-31-54/h8-38,59-70,76-77,85H,39-51H2,1-7H3,(H,86,87)/t59-,60+,61-,62+,63-,64-,65+,66-,67-,68-,69+,70+,76-,77+,81-,82+,83+,84-/m0/s1. The molecule has 5 aliphatic carbocycles. The smallest absolute Gasteiger partial charge is 0.338 e. The number of carbonyl (C=O) groups excluding carboxylic acids is 5. The second-order valence-corrected chi connectivity index (χ2v) is 31.2. The van der Waals surface area contributed by atoms with Crippen LogP contribution in [-0.2, 0) is 70.2 Å². The van der Waals surface area contributed by atoms with Crippen molar-refractivity contribution in [3.63, 3.8) is 0 Å². The number of rotatable bonds is 20. The topological polar surface area (TPSA) is 235 Å². The molecule has 0 spiro atoms. The zero-order valence-electron chi connectivity index (χ0n) is 59.1. The fraction of sp³-hybridized carbons (Fsp3) is 0.476. The summed E-state index contributed by atoms with van der Waals surface area (Å²) < 4.78 is 66.4. The lowest BCUT2D eigenvalue weighted by molar-refractivity contribution is -0.377. The van der Waals surface area contributed by atoms with E-state index < -0.39 is 115 Å². The monoisotopic (exact) mass is 1390 g/mol. The van der Waals surface area contributed by atoms with Gasteiger partial charge in [-0.25, -0.2) is 24.0 Å². The maximum absolute atomic E-state index is 14.8. The highest BCUT2D eigenvalue weighted by molar-refractivity contribution is 5.92. The van der Waals surface area contributed by atoms with Gasteiger partial charge in [-0.1, -0.05) is 194 Å². The van der Waals surface area contributed by atoms with E-state index in [9.17, 15) is 39.0 Å². The maximum Gasteiger partial charge on any atom is 0.338 e. The Balaban J connectivity index is 0.862. The van der Waals surface area contributed by atoms with Crippen molar-refractivity contribution >= 4 is 35.8 Å². The molecule has 102 heavy (non-hydrogen) atoms. The molecular formula is C84H94O18. The number of aliphatic hydroxyl groups excluding tert-OH is 1. The normalized spacial score (nSPS) is 33.5. The van der Waals surface area contributed by atoms with E-state index in [0.29, 0.717) is 12.0 Å². The Bertz CT molecular complexity index is 3980. The minimum absolute atomic E-state index is 0.0313. The van der Waals surface area contributed by atoms with Crippen LogP contribution in [0, 0.1) is 50.2 Å². The molecule has 18 nitrogen and oxygen atoms in total. The number of aliphatic hydroxyl groups is 1. The van der Waals surface area contributed by atoms with Crippen LogP contribution in [0.5, 0.6) is 0 Å². The summed E-state index contributed by atoms with van der Waals surface area (Å²) in [6, 6.07) is 51.1.